The molecule has 3 atom stereocenters. The Morgan fingerprint density at radius 2 is 1.76 bits per heavy atom. The number of carbonyl (C=O) groups is 1. The summed E-state index contributed by atoms with van der Waals surface area (Å²) in [4.78, 5) is 14.3. The third kappa shape index (κ3) is 4.43. The van der Waals surface area contributed by atoms with Crippen LogP contribution >= 0.6 is 0 Å². The molecule has 0 aromatic heterocycles. The van der Waals surface area contributed by atoms with E-state index in [0.29, 0.717) is 12.0 Å². The maximum Gasteiger partial charge on any atom is 0.322 e. The molecule has 2 fully saturated rings. The molecule has 122 valence electrons. The Kier molecular flexibility index (Phi) is 6.49. The first-order valence-electron chi connectivity index (χ1n) is 8.65. The number of aliphatic hydroxyl groups is 1. The highest BCUT2D eigenvalue weighted by Gasteiger charge is 2.34. The Hall–Kier alpha value is -0.610. The SMILES string of the molecule is COC(=O)C(C)N(CC1CCCCC1O)C1CCCCC1. The van der Waals surface area contributed by atoms with Crippen molar-refractivity contribution >= 4 is 5.97 Å². The average Bonchev–Trinajstić information content (AvgIpc) is 2.53. The predicted molar refractivity (Wildman–Crippen MR) is 83.0 cm³/mol. The Labute approximate surface area is 128 Å². The zero-order valence-electron chi connectivity index (χ0n) is 13.6. The van der Waals surface area contributed by atoms with Gasteiger partial charge in [-0.1, -0.05) is 32.1 Å². The monoisotopic (exact) mass is 297 g/mol. The Morgan fingerprint density at radius 1 is 1.14 bits per heavy atom. The highest BCUT2D eigenvalue weighted by Crippen LogP contribution is 2.30. The zero-order chi connectivity index (χ0) is 15.2. The average molecular weight is 297 g/mol. The molecule has 0 radical (unpaired) electrons. The quantitative estimate of drug-likeness (QED) is 0.793. The number of aliphatic hydroxyl groups excluding tert-OH is 1. The summed E-state index contributed by atoms with van der Waals surface area (Å²) in [6, 6.07) is 0.272. The molecule has 2 saturated carbocycles. The first-order chi connectivity index (χ1) is 10.1. The van der Waals surface area contributed by atoms with E-state index in [4.69, 9.17) is 4.74 Å². The number of methoxy groups -OCH3 is 1. The molecule has 1 N–H and O–H groups in total. The summed E-state index contributed by atoms with van der Waals surface area (Å²) in [7, 11) is 1.47. The molecule has 0 amide bonds. The van der Waals surface area contributed by atoms with Crippen molar-refractivity contribution in [1.82, 2.24) is 4.90 Å². The van der Waals surface area contributed by atoms with Gasteiger partial charge in [0.15, 0.2) is 0 Å². The molecule has 0 aromatic carbocycles. The van der Waals surface area contributed by atoms with Crippen LogP contribution in [0.2, 0.25) is 0 Å². The lowest BCUT2D eigenvalue weighted by Crippen LogP contribution is -2.50. The van der Waals surface area contributed by atoms with Crippen LogP contribution in [0.25, 0.3) is 0 Å². The molecule has 2 rings (SSSR count). The second-order valence-electron chi connectivity index (χ2n) is 6.80. The van der Waals surface area contributed by atoms with Gasteiger partial charge in [0, 0.05) is 12.6 Å². The molecule has 2 aliphatic carbocycles. The molecule has 4 heteroatoms. The molecule has 0 heterocycles. The normalized spacial score (nSPS) is 29.3. The summed E-state index contributed by atoms with van der Waals surface area (Å²) >= 11 is 0. The number of esters is 1. The van der Waals surface area contributed by atoms with Crippen LogP contribution in [-0.2, 0) is 9.53 Å². The van der Waals surface area contributed by atoms with Gasteiger partial charge in [0.25, 0.3) is 0 Å². The lowest BCUT2D eigenvalue weighted by atomic mass is 9.84. The summed E-state index contributed by atoms with van der Waals surface area (Å²) in [5.41, 5.74) is 0. The Balaban J connectivity index is 2.04. The van der Waals surface area contributed by atoms with E-state index in [2.05, 4.69) is 4.90 Å². The molecule has 0 spiro atoms. The van der Waals surface area contributed by atoms with Gasteiger partial charge in [-0.05, 0) is 38.5 Å². The topological polar surface area (TPSA) is 49.8 Å². The van der Waals surface area contributed by atoms with Crippen LogP contribution in [0.1, 0.15) is 64.7 Å². The number of hydrogen-bond acceptors (Lipinski definition) is 4. The van der Waals surface area contributed by atoms with Gasteiger partial charge in [-0.2, -0.15) is 0 Å². The Bertz CT molecular complexity index is 328. The van der Waals surface area contributed by atoms with E-state index in [1.807, 2.05) is 6.92 Å². The van der Waals surface area contributed by atoms with Gasteiger partial charge in [0.1, 0.15) is 6.04 Å². The van der Waals surface area contributed by atoms with Gasteiger partial charge in [-0.3, -0.25) is 9.69 Å². The van der Waals surface area contributed by atoms with Gasteiger partial charge < -0.3 is 9.84 Å². The molecule has 0 aromatic rings. The van der Waals surface area contributed by atoms with Gasteiger partial charge in [0.05, 0.1) is 13.2 Å². The molecule has 3 unspecified atom stereocenters. The minimum Gasteiger partial charge on any atom is -0.468 e. The smallest absolute Gasteiger partial charge is 0.322 e. The highest BCUT2D eigenvalue weighted by molar-refractivity contribution is 5.75. The number of ether oxygens (including phenoxy) is 1. The van der Waals surface area contributed by atoms with Crippen LogP contribution < -0.4 is 0 Å². The van der Waals surface area contributed by atoms with Crippen LogP contribution in [0.15, 0.2) is 0 Å². The fourth-order valence-electron chi connectivity index (χ4n) is 4.01. The minimum atomic E-state index is -0.202. The van der Waals surface area contributed by atoms with Gasteiger partial charge in [0.2, 0.25) is 0 Å². The number of nitrogens with zero attached hydrogens (tertiary/aromatic N) is 1. The van der Waals surface area contributed by atoms with E-state index in [1.54, 1.807) is 0 Å². The number of rotatable bonds is 5. The maximum atomic E-state index is 12.0. The van der Waals surface area contributed by atoms with Crippen molar-refractivity contribution in [3.8, 4) is 0 Å². The zero-order valence-corrected chi connectivity index (χ0v) is 13.6. The summed E-state index contributed by atoms with van der Waals surface area (Å²) < 4.78 is 4.96. The minimum absolute atomic E-state index is 0.147. The standard InChI is InChI=1S/C17H31NO3/c1-13(17(20)21-2)18(15-9-4-3-5-10-15)12-14-8-6-7-11-16(14)19/h13-16,19H,3-12H2,1-2H3. The molecule has 0 aliphatic heterocycles. The highest BCUT2D eigenvalue weighted by atomic mass is 16.5. The van der Waals surface area contributed by atoms with E-state index < -0.39 is 0 Å². The molecule has 0 bridgehead atoms. The summed E-state index contributed by atoms with van der Waals surface area (Å²) in [6.45, 7) is 2.79. The lowest BCUT2D eigenvalue weighted by Gasteiger charge is -2.41. The van der Waals surface area contributed by atoms with Crippen LogP contribution in [0.3, 0.4) is 0 Å². The van der Waals surface area contributed by atoms with Crippen molar-refractivity contribution in [2.24, 2.45) is 5.92 Å². The second kappa shape index (κ2) is 8.14. The fraction of sp³-hybridized carbons (Fsp3) is 0.941. The van der Waals surface area contributed by atoms with E-state index in [0.717, 1.165) is 25.8 Å². The van der Waals surface area contributed by atoms with E-state index in [9.17, 15) is 9.90 Å². The van der Waals surface area contributed by atoms with Crippen molar-refractivity contribution in [2.75, 3.05) is 13.7 Å². The van der Waals surface area contributed by atoms with E-state index in [1.165, 1.54) is 45.6 Å². The number of hydrogen-bond donors (Lipinski definition) is 1. The second-order valence-corrected chi connectivity index (χ2v) is 6.80. The third-order valence-electron chi connectivity index (χ3n) is 5.40. The summed E-state index contributed by atoms with van der Waals surface area (Å²) in [6.07, 6.45) is 10.3. The number of carbonyl (C=O) groups excluding carboxylic acids is 1. The van der Waals surface area contributed by atoms with Crippen molar-refractivity contribution in [3.63, 3.8) is 0 Å². The lowest BCUT2D eigenvalue weighted by molar-refractivity contribution is -0.148. The first kappa shape index (κ1) is 16.8. The molecule has 2 aliphatic rings. The van der Waals surface area contributed by atoms with Crippen LogP contribution in [0, 0.1) is 5.92 Å². The predicted octanol–water partition coefficient (Wildman–Crippen LogP) is 2.73. The molecule has 0 saturated heterocycles. The van der Waals surface area contributed by atoms with Crippen molar-refractivity contribution in [2.45, 2.75) is 82.9 Å². The summed E-state index contributed by atoms with van der Waals surface area (Å²) in [5, 5.41) is 10.3. The third-order valence-corrected chi connectivity index (χ3v) is 5.40. The van der Waals surface area contributed by atoms with Crippen LogP contribution in [0.4, 0.5) is 0 Å². The maximum absolute atomic E-state index is 12.0. The molecular weight excluding hydrogens is 266 g/mol. The van der Waals surface area contributed by atoms with Crippen LogP contribution in [0.5, 0.6) is 0 Å². The fourth-order valence-corrected chi connectivity index (χ4v) is 4.01. The van der Waals surface area contributed by atoms with E-state index in [-0.39, 0.29) is 18.1 Å². The van der Waals surface area contributed by atoms with Crippen molar-refractivity contribution in [3.05, 3.63) is 0 Å². The summed E-state index contributed by atoms with van der Waals surface area (Å²) in [5.74, 6) is 0.165. The van der Waals surface area contributed by atoms with E-state index >= 15 is 0 Å². The van der Waals surface area contributed by atoms with Crippen molar-refractivity contribution < 1.29 is 14.6 Å². The van der Waals surface area contributed by atoms with Crippen molar-refractivity contribution in [1.29, 1.82) is 0 Å². The van der Waals surface area contributed by atoms with Crippen LogP contribution in [-0.4, -0.2) is 47.8 Å². The molecule has 21 heavy (non-hydrogen) atoms. The largest absolute Gasteiger partial charge is 0.468 e. The van der Waals surface area contributed by atoms with Gasteiger partial charge in [-0.25, -0.2) is 0 Å². The molecular formula is C17H31NO3. The van der Waals surface area contributed by atoms with Gasteiger partial charge >= 0.3 is 5.97 Å². The van der Waals surface area contributed by atoms with Gasteiger partial charge in [-0.15, -0.1) is 0 Å². The molecule has 4 nitrogen and oxygen atoms in total. The Morgan fingerprint density at radius 3 is 2.38 bits per heavy atom. The first-order valence-corrected chi connectivity index (χ1v) is 8.65.